The molecule has 5 fully saturated rings. The van der Waals surface area contributed by atoms with Gasteiger partial charge in [-0.25, -0.2) is 0 Å². The first-order valence-electron chi connectivity index (χ1n) is 14.5. The highest BCUT2D eigenvalue weighted by molar-refractivity contribution is 4.88. The standard InChI is InChI=1S/C27H51N5O/c1-33-26-10-6-22(7-11-26)23-18-28-27(29-19-23)30-24-8-4-21(5-9-24)20-31-16-12-25(13-17-31)32-14-2-3-15-32/h21-30H,2-20H2,1H3. The summed E-state index contributed by atoms with van der Waals surface area (Å²) in [6.07, 6.45) is 17.2. The van der Waals surface area contributed by atoms with Crippen molar-refractivity contribution in [1.29, 1.82) is 0 Å². The molecule has 0 atom stereocenters. The number of nitrogens with one attached hydrogen (secondary N) is 3. The Kier molecular flexibility index (Phi) is 8.99. The first-order valence-corrected chi connectivity index (χ1v) is 14.5. The molecule has 3 aliphatic heterocycles. The Morgan fingerprint density at radius 2 is 1.42 bits per heavy atom. The quantitative estimate of drug-likeness (QED) is 0.542. The number of likely N-dealkylation sites (tertiary alicyclic amines) is 2. The van der Waals surface area contributed by atoms with Crippen molar-refractivity contribution < 1.29 is 4.74 Å². The summed E-state index contributed by atoms with van der Waals surface area (Å²) >= 11 is 0. The van der Waals surface area contributed by atoms with E-state index in [0.29, 0.717) is 18.4 Å². The molecule has 3 saturated heterocycles. The van der Waals surface area contributed by atoms with E-state index >= 15 is 0 Å². The van der Waals surface area contributed by atoms with Crippen molar-refractivity contribution in [1.82, 2.24) is 25.8 Å². The van der Waals surface area contributed by atoms with Gasteiger partial charge in [0.25, 0.3) is 0 Å². The van der Waals surface area contributed by atoms with Crippen molar-refractivity contribution in [2.24, 2.45) is 17.8 Å². The van der Waals surface area contributed by atoms with Crippen LogP contribution in [0, 0.1) is 17.8 Å². The topological polar surface area (TPSA) is 51.8 Å². The summed E-state index contributed by atoms with van der Waals surface area (Å²) in [5.41, 5.74) is 0. The van der Waals surface area contributed by atoms with E-state index in [1.165, 1.54) is 110 Å². The third-order valence-corrected chi connectivity index (χ3v) is 9.87. The molecule has 0 bridgehead atoms. The number of ether oxygens (including phenoxy) is 1. The van der Waals surface area contributed by atoms with E-state index in [2.05, 4.69) is 25.8 Å². The van der Waals surface area contributed by atoms with Crippen LogP contribution in [0.3, 0.4) is 0 Å². The van der Waals surface area contributed by atoms with E-state index in [1.54, 1.807) is 0 Å². The van der Waals surface area contributed by atoms with Gasteiger partial charge in [-0.2, -0.15) is 0 Å². The molecule has 0 unspecified atom stereocenters. The van der Waals surface area contributed by atoms with Gasteiger partial charge in [0.15, 0.2) is 0 Å². The van der Waals surface area contributed by atoms with E-state index < -0.39 is 0 Å². The molecule has 0 spiro atoms. The molecule has 0 aromatic heterocycles. The predicted molar refractivity (Wildman–Crippen MR) is 135 cm³/mol. The summed E-state index contributed by atoms with van der Waals surface area (Å²) < 4.78 is 5.56. The lowest BCUT2D eigenvalue weighted by atomic mass is 9.78. The van der Waals surface area contributed by atoms with Crippen LogP contribution in [-0.2, 0) is 4.74 Å². The highest BCUT2D eigenvalue weighted by Gasteiger charge is 2.32. The van der Waals surface area contributed by atoms with Crippen LogP contribution in [0.4, 0.5) is 0 Å². The molecule has 0 radical (unpaired) electrons. The molecule has 5 rings (SSSR count). The van der Waals surface area contributed by atoms with Gasteiger partial charge in [0.05, 0.1) is 6.10 Å². The fourth-order valence-electron chi connectivity index (χ4n) is 7.62. The molecular formula is C27H51N5O. The zero-order chi connectivity index (χ0) is 22.5. The molecule has 2 saturated carbocycles. The number of methoxy groups -OCH3 is 1. The van der Waals surface area contributed by atoms with Crippen LogP contribution in [0.25, 0.3) is 0 Å². The van der Waals surface area contributed by atoms with E-state index in [0.717, 1.165) is 36.9 Å². The van der Waals surface area contributed by atoms with Gasteiger partial charge in [0.2, 0.25) is 0 Å². The van der Waals surface area contributed by atoms with Crippen LogP contribution in [0.1, 0.15) is 77.0 Å². The van der Waals surface area contributed by atoms with Gasteiger partial charge in [-0.1, -0.05) is 0 Å². The van der Waals surface area contributed by atoms with Gasteiger partial charge in [-0.3, -0.25) is 16.0 Å². The Morgan fingerprint density at radius 1 is 0.758 bits per heavy atom. The van der Waals surface area contributed by atoms with Crippen molar-refractivity contribution in [2.45, 2.75) is 102 Å². The zero-order valence-electron chi connectivity index (χ0n) is 21.3. The smallest absolute Gasteiger partial charge is 0.112 e. The van der Waals surface area contributed by atoms with Crippen LogP contribution < -0.4 is 16.0 Å². The molecule has 3 heterocycles. The van der Waals surface area contributed by atoms with Crippen molar-refractivity contribution in [2.75, 3.05) is 52.9 Å². The van der Waals surface area contributed by atoms with Gasteiger partial charge >= 0.3 is 0 Å². The fourth-order valence-corrected chi connectivity index (χ4v) is 7.62. The Balaban J connectivity index is 0.944. The minimum Gasteiger partial charge on any atom is -0.381 e. The van der Waals surface area contributed by atoms with Gasteiger partial charge < -0.3 is 14.5 Å². The lowest BCUT2D eigenvalue weighted by Gasteiger charge is -2.41. The lowest BCUT2D eigenvalue weighted by molar-refractivity contribution is 0.0413. The van der Waals surface area contributed by atoms with E-state index in [1.807, 2.05) is 7.11 Å². The Morgan fingerprint density at radius 3 is 2.06 bits per heavy atom. The summed E-state index contributed by atoms with van der Waals surface area (Å²) in [6.45, 7) is 9.08. The molecule has 0 aromatic rings. The van der Waals surface area contributed by atoms with Gasteiger partial charge in [-0.05, 0) is 121 Å². The molecule has 33 heavy (non-hydrogen) atoms. The molecule has 0 aromatic carbocycles. The van der Waals surface area contributed by atoms with Gasteiger partial charge in [0.1, 0.15) is 6.29 Å². The molecule has 6 nitrogen and oxygen atoms in total. The van der Waals surface area contributed by atoms with Gasteiger partial charge in [-0.15, -0.1) is 0 Å². The van der Waals surface area contributed by atoms with Crippen LogP contribution in [-0.4, -0.2) is 87.2 Å². The summed E-state index contributed by atoms with van der Waals surface area (Å²) in [4.78, 5) is 5.56. The fraction of sp³-hybridized carbons (Fsp3) is 1.00. The minimum atomic E-state index is 0.308. The highest BCUT2D eigenvalue weighted by Crippen LogP contribution is 2.32. The zero-order valence-corrected chi connectivity index (χ0v) is 21.3. The average Bonchev–Trinajstić information content (AvgIpc) is 3.41. The van der Waals surface area contributed by atoms with Crippen LogP contribution in [0.2, 0.25) is 0 Å². The Labute approximate surface area is 202 Å². The summed E-state index contributed by atoms with van der Waals surface area (Å²) in [6, 6.07) is 1.57. The molecule has 6 heteroatoms. The third kappa shape index (κ3) is 6.71. The lowest BCUT2D eigenvalue weighted by Crippen LogP contribution is -2.63. The second-order valence-corrected chi connectivity index (χ2v) is 11.9. The number of nitrogens with zero attached hydrogens (tertiary/aromatic N) is 2. The predicted octanol–water partition coefficient (Wildman–Crippen LogP) is 2.99. The molecule has 0 amide bonds. The monoisotopic (exact) mass is 461 g/mol. The SMILES string of the molecule is COC1CCC(C2CNC(NC3CCC(CN4CCC(N5CCCC5)CC4)CC3)NC2)CC1. The molecule has 5 aliphatic rings. The maximum atomic E-state index is 5.56. The maximum Gasteiger partial charge on any atom is 0.112 e. The second kappa shape index (κ2) is 12.1. The van der Waals surface area contributed by atoms with Crippen LogP contribution >= 0.6 is 0 Å². The number of rotatable bonds is 7. The summed E-state index contributed by atoms with van der Waals surface area (Å²) in [5, 5.41) is 11.5. The molecule has 2 aliphatic carbocycles. The number of hydrogen-bond donors (Lipinski definition) is 3. The minimum absolute atomic E-state index is 0.308. The number of piperidine rings is 1. The average molecular weight is 462 g/mol. The Hall–Kier alpha value is -0.240. The molecular weight excluding hydrogens is 410 g/mol. The van der Waals surface area contributed by atoms with Gasteiger partial charge in [0, 0.05) is 38.8 Å². The Bertz CT molecular complexity index is 553. The molecule has 3 N–H and O–H groups in total. The van der Waals surface area contributed by atoms with Crippen LogP contribution in [0.15, 0.2) is 0 Å². The van der Waals surface area contributed by atoms with Crippen molar-refractivity contribution in [3.8, 4) is 0 Å². The summed E-state index contributed by atoms with van der Waals surface area (Å²) in [5.74, 6) is 2.57. The first-order chi connectivity index (χ1) is 16.3. The first kappa shape index (κ1) is 24.5. The van der Waals surface area contributed by atoms with Crippen LogP contribution in [0.5, 0.6) is 0 Å². The second-order valence-electron chi connectivity index (χ2n) is 11.9. The van der Waals surface area contributed by atoms with Crippen molar-refractivity contribution >= 4 is 0 Å². The normalized spacial score (nSPS) is 40.3. The highest BCUT2D eigenvalue weighted by atomic mass is 16.5. The van der Waals surface area contributed by atoms with E-state index in [4.69, 9.17) is 4.74 Å². The summed E-state index contributed by atoms with van der Waals surface area (Å²) in [7, 11) is 1.87. The van der Waals surface area contributed by atoms with E-state index in [9.17, 15) is 0 Å². The largest absolute Gasteiger partial charge is 0.381 e. The maximum absolute atomic E-state index is 5.56. The third-order valence-electron chi connectivity index (χ3n) is 9.87. The number of hydrogen-bond acceptors (Lipinski definition) is 6. The molecule has 190 valence electrons. The van der Waals surface area contributed by atoms with E-state index in [-0.39, 0.29) is 0 Å². The van der Waals surface area contributed by atoms with Crippen molar-refractivity contribution in [3.05, 3.63) is 0 Å². The van der Waals surface area contributed by atoms with Crippen molar-refractivity contribution in [3.63, 3.8) is 0 Å².